The van der Waals surface area contributed by atoms with Crippen LogP contribution in [-0.4, -0.2) is 38.4 Å². The highest BCUT2D eigenvalue weighted by Gasteiger charge is 2.29. The van der Waals surface area contributed by atoms with Crippen LogP contribution in [0.15, 0.2) is 29.9 Å². The Hall–Kier alpha value is -2.58. The van der Waals surface area contributed by atoms with E-state index in [0.717, 1.165) is 41.9 Å². The molecule has 1 aliphatic carbocycles. The number of aromatic nitrogens is 3. The number of amides is 2. The summed E-state index contributed by atoms with van der Waals surface area (Å²) in [7, 11) is 0. The van der Waals surface area contributed by atoms with Crippen molar-refractivity contribution in [2.75, 3.05) is 0 Å². The topological polar surface area (TPSA) is 85.6 Å². The number of imidazole rings is 1. The summed E-state index contributed by atoms with van der Waals surface area (Å²) in [5.74, 6) is -0.917. The molecule has 0 bridgehead atoms. The summed E-state index contributed by atoms with van der Waals surface area (Å²) in [6.07, 6.45) is 5.08. The fourth-order valence-electron chi connectivity index (χ4n) is 3.95. The van der Waals surface area contributed by atoms with Crippen molar-refractivity contribution in [3.05, 3.63) is 41.3 Å². The highest BCUT2D eigenvalue weighted by atomic mass is 32.1. The van der Waals surface area contributed by atoms with Gasteiger partial charge in [-0.15, -0.1) is 11.3 Å². The minimum Gasteiger partial charge on any atom is -0.376 e. The van der Waals surface area contributed by atoms with Gasteiger partial charge in [0.25, 0.3) is 5.91 Å². The normalized spacial score (nSPS) is 19.3. The van der Waals surface area contributed by atoms with Gasteiger partial charge in [-0.25, -0.2) is 9.97 Å². The van der Waals surface area contributed by atoms with Gasteiger partial charge in [-0.3, -0.25) is 19.3 Å². The van der Waals surface area contributed by atoms with Crippen LogP contribution in [0.25, 0.3) is 16.2 Å². The van der Waals surface area contributed by atoms with Crippen molar-refractivity contribution < 1.29 is 14.3 Å². The largest absolute Gasteiger partial charge is 0.376 e. The molecule has 30 heavy (non-hydrogen) atoms. The van der Waals surface area contributed by atoms with Crippen molar-refractivity contribution in [2.45, 2.75) is 58.7 Å². The number of fused-ring (bicyclic) bond motifs is 1. The number of hydrogen-bond donors (Lipinski definition) is 1. The quantitative estimate of drug-likeness (QED) is 0.623. The van der Waals surface area contributed by atoms with E-state index in [9.17, 15) is 9.59 Å². The van der Waals surface area contributed by atoms with Gasteiger partial charge in [-0.2, -0.15) is 0 Å². The molecule has 3 heterocycles. The number of thiophene rings is 1. The minimum absolute atomic E-state index is 0.168. The van der Waals surface area contributed by atoms with Gasteiger partial charge in [0.1, 0.15) is 6.33 Å². The van der Waals surface area contributed by atoms with E-state index in [-0.39, 0.29) is 29.7 Å². The van der Waals surface area contributed by atoms with E-state index in [0.29, 0.717) is 5.65 Å². The van der Waals surface area contributed by atoms with Gasteiger partial charge in [-0.1, -0.05) is 6.07 Å². The Balaban J connectivity index is 1.48. The molecular formula is C22H26N4O3S. The molecule has 0 aliphatic heterocycles. The van der Waals surface area contributed by atoms with E-state index in [2.05, 4.69) is 15.3 Å². The maximum Gasteiger partial charge on any atom is 0.280 e. The predicted octanol–water partition coefficient (Wildman–Crippen LogP) is 4.01. The first-order valence-electron chi connectivity index (χ1n) is 10.3. The van der Waals surface area contributed by atoms with Crippen LogP contribution in [-0.2, 0) is 9.53 Å². The zero-order valence-electron chi connectivity index (χ0n) is 17.4. The van der Waals surface area contributed by atoms with Crippen molar-refractivity contribution in [1.82, 2.24) is 19.7 Å². The van der Waals surface area contributed by atoms with Crippen LogP contribution < -0.4 is 5.32 Å². The lowest BCUT2D eigenvalue weighted by Crippen LogP contribution is -2.38. The number of nitrogens with one attached hydrogen (secondary N) is 1. The molecule has 1 saturated carbocycles. The van der Waals surface area contributed by atoms with Crippen molar-refractivity contribution in [2.24, 2.45) is 5.92 Å². The number of carbonyl (C=O) groups is 2. The highest BCUT2D eigenvalue weighted by Crippen LogP contribution is 2.28. The molecule has 1 N–H and O–H groups in total. The molecule has 1 aliphatic rings. The molecule has 3 aromatic rings. The Morgan fingerprint density at radius 2 is 2.03 bits per heavy atom. The SMILES string of the molecule is Cc1cc(-c2cccs2)nc2c(C(=O)NC(=O)C3CCC(OC(C)C)CC3)ncn12. The zero-order valence-corrected chi connectivity index (χ0v) is 18.2. The molecule has 0 radical (unpaired) electrons. The lowest BCUT2D eigenvalue weighted by atomic mass is 9.86. The molecule has 158 valence electrons. The van der Waals surface area contributed by atoms with E-state index in [4.69, 9.17) is 4.74 Å². The molecule has 8 heteroatoms. The monoisotopic (exact) mass is 426 g/mol. The number of imide groups is 1. The summed E-state index contributed by atoms with van der Waals surface area (Å²) in [5.41, 5.74) is 2.34. The average molecular weight is 427 g/mol. The summed E-state index contributed by atoms with van der Waals surface area (Å²) in [6, 6.07) is 5.91. The van der Waals surface area contributed by atoms with E-state index in [1.807, 2.05) is 44.4 Å². The Morgan fingerprint density at radius 3 is 2.70 bits per heavy atom. The van der Waals surface area contributed by atoms with Crippen LogP contribution in [0.4, 0.5) is 0 Å². The molecule has 4 rings (SSSR count). The van der Waals surface area contributed by atoms with Crippen LogP contribution in [0.2, 0.25) is 0 Å². The molecule has 0 saturated heterocycles. The summed E-state index contributed by atoms with van der Waals surface area (Å²) in [4.78, 5) is 35.4. The van der Waals surface area contributed by atoms with Gasteiger partial charge in [0, 0.05) is 11.6 Å². The molecule has 2 amide bonds. The van der Waals surface area contributed by atoms with Gasteiger partial charge < -0.3 is 4.74 Å². The van der Waals surface area contributed by atoms with E-state index >= 15 is 0 Å². The first kappa shape index (κ1) is 20.7. The van der Waals surface area contributed by atoms with Crippen LogP contribution in [0.5, 0.6) is 0 Å². The smallest absolute Gasteiger partial charge is 0.280 e. The van der Waals surface area contributed by atoms with Gasteiger partial charge >= 0.3 is 0 Å². The maximum atomic E-state index is 12.8. The predicted molar refractivity (Wildman–Crippen MR) is 115 cm³/mol. The molecule has 0 aromatic carbocycles. The summed E-state index contributed by atoms with van der Waals surface area (Å²) in [5, 5.41) is 4.53. The van der Waals surface area contributed by atoms with Crippen molar-refractivity contribution in [1.29, 1.82) is 0 Å². The molecular weight excluding hydrogens is 400 g/mol. The summed E-state index contributed by atoms with van der Waals surface area (Å²) in [6.45, 7) is 5.98. The average Bonchev–Trinajstić information content (AvgIpc) is 3.38. The van der Waals surface area contributed by atoms with Gasteiger partial charge in [-0.05, 0) is 64.0 Å². The fourth-order valence-corrected chi connectivity index (χ4v) is 4.64. The second kappa shape index (κ2) is 8.65. The van der Waals surface area contributed by atoms with Gasteiger partial charge in [0.15, 0.2) is 11.3 Å². The molecule has 0 spiro atoms. The second-order valence-electron chi connectivity index (χ2n) is 8.02. The van der Waals surface area contributed by atoms with E-state index < -0.39 is 5.91 Å². The molecule has 0 atom stereocenters. The third-order valence-corrected chi connectivity index (χ3v) is 6.32. The molecule has 0 unspecified atom stereocenters. The number of aryl methyl sites for hydroxylation is 1. The van der Waals surface area contributed by atoms with Gasteiger partial charge in [0.2, 0.25) is 5.91 Å². The lowest BCUT2D eigenvalue weighted by Gasteiger charge is -2.28. The number of ether oxygens (including phenoxy) is 1. The Morgan fingerprint density at radius 1 is 1.27 bits per heavy atom. The third kappa shape index (κ3) is 4.29. The number of rotatable bonds is 5. The Bertz CT molecular complexity index is 1050. The van der Waals surface area contributed by atoms with Crippen LogP contribution in [0, 0.1) is 12.8 Å². The summed E-state index contributed by atoms with van der Waals surface area (Å²) >= 11 is 1.59. The molecule has 7 nitrogen and oxygen atoms in total. The number of carbonyl (C=O) groups excluding carboxylic acids is 2. The third-order valence-electron chi connectivity index (χ3n) is 5.43. The van der Waals surface area contributed by atoms with Crippen LogP contribution >= 0.6 is 11.3 Å². The maximum absolute atomic E-state index is 12.8. The zero-order chi connectivity index (χ0) is 21.3. The van der Waals surface area contributed by atoms with Gasteiger partial charge in [0.05, 0.1) is 22.8 Å². The van der Waals surface area contributed by atoms with Crippen LogP contribution in [0.1, 0.15) is 55.7 Å². The van der Waals surface area contributed by atoms with Crippen LogP contribution in [0.3, 0.4) is 0 Å². The van der Waals surface area contributed by atoms with Crippen molar-refractivity contribution in [3.63, 3.8) is 0 Å². The summed E-state index contributed by atoms with van der Waals surface area (Å²) < 4.78 is 7.61. The van der Waals surface area contributed by atoms with Crippen molar-refractivity contribution in [3.8, 4) is 10.6 Å². The molecule has 3 aromatic heterocycles. The molecule has 1 fully saturated rings. The first-order valence-corrected chi connectivity index (χ1v) is 11.2. The highest BCUT2D eigenvalue weighted by molar-refractivity contribution is 7.13. The lowest BCUT2D eigenvalue weighted by molar-refractivity contribution is -0.126. The Kier molecular flexibility index (Phi) is 5.97. The number of hydrogen-bond acceptors (Lipinski definition) is 6. The Labute approximate surface area is 179 Å². The first-order chi connectivity index (χ1) is 14.4. The van der Waals surface area contributed by atoms with E-state index in [1.165, 1.54) is 0 Å². The second-order valence-corrected chi connectivity index (χ2v) is 8.97. The van der Waals surface area contributed by atoms with Crippen molar-refractivity contribution >= 4 is 28.8 Å². The minimum atomic E-state index is -0.502. The van der Waals surface area contributed by atoms with E-state index in [1.54, 1.807) is 22.1 Å². The standard InChI is InChI=1S/C22H26N4O3S/c1-13(2)29-16-8-6-15(7-9-16)21(27)25-22(28)19-20-24-17(18-5-4-10-30-18)11-14(3)26(20)12-23-19/h4-5,10-13,15-16H,6-9H2,1-3H3,(H,25,27,28). The fraction of sp³-hybridized carbons (Fsp3) is 0.455. The number of nitrogens with zero attached hydrogens (tertiary/aromatic N) is 3.